The number of halogens is 6. The van der Waals surface area contributed by atoms with Crippen LogP contribution >= 0.6 is 111 Å². The molecule has 4 aromatic rings. The molecule has 0 bridgehead atoms. The number of benzene rings is 4. The molecule has 0 saturated carbocycles. The molecule has 0 heterocycles. The zero-order valence-corrected chi connectivity index (χ0v) is 67.9. The van der Waals surface area contributed by atoms with Crippen molar-refractivity contribution >= 4 is 176 Å². The Balaban J connectivity index is -0.0000000944. The maximum Gasteiger partial charge on any atom is 0 e. The van der Waals surface area contributed by atoms with Crippen molar-refractivity contribution < 1.29 is 154 Å². The predicted octanol–water partition coefficient (Wildman–Crippen LogP) is 15.6. The molecular formula is C46H71ClI5N4O12S2V3Y2-2. The molecule has 0 atom stereocenters. The maximum absolute atomic E-state index is 12.2. The van der Waals surface area contributed by atoms with Gasteiger partial charge in [0.2, 0.25) is 20.9 Å². The average Bonchev–Trinajstić information content (AvgIpc) is 3.26. The van der Waals surface area contributed by atoms with Crippen molar-refractivity contribution in [2.75, 3.05) is 33.8 Å². The molecule has 424 valence electrons. The van der Waals surface area contributed by atoms with Crippen LogP contribution in [0.15, 0.2) is 97.1 Å². The minimum Gasteiger partial charge on any atom is 0 e. The third-order valence-corrected chi connectivity index (χ3v) is 5.58. The van der Waals surface area contributed by atoms with Gasteiger partial charge in [-0.2, -0.15) is 69.1 Å². The first-order valence-electron chi connectivity index (χ1n) is 21.1. The number of amides is 4. The van der Waals surface area contributed by atoms with Crippen LogP contribution in [0.2, 0.25) is 0 Å². The zero-order valence-electron chi connectivity index (χ0n) is 44.8. The van der Waals surface area contributed by atoms with Gasteiger partial charge >= 0.3 is 126 Å². The van der Waals surface area contributed by atoms with Crippen molar-refractivity contribution in [2.24, 2.45) is 0 Å². The number of rotatable bonds is 6. The van der Waals surface area contributed by atoms with Gasteiger partial charge in [0.1, 0.15) is 11.2 Å². The van der Waals surface area contributed by atoms with Gasteiger partial charge in [-0.3, -0.25) is 24.8 Å². The van der Waals surface area contributed by atoms with E-state index >= 15 is 0 Å². The SMILES string of the molecule is CC.CC.CC.CC.CC(C)(C)OC(=O)Nc1ccccc1NC(=O)c1cc[c-]cc1.CC(C)(C)OC(=O)Nc1ccccc1NC(=O)c1cc[c-]cc1.CS(=O)(=O)Cl.CS(=O)(=O)O.O.[I][V]([I])[I].[I][V][I].[V].[Y].[Y]. The summed E-state index contributed by atoms with van der Waals surface area (Å²) in [6.45, 7) is 26.7. The molecule has 29 heteroatoms. The standard InChI is InChI=1S/2C18H19N2O3.4C2H6.CH3ClO2S.CH4O3S.5HI.H2O.3V.2Y/c2*1-18(2,3)23-17(22)20-15-12-8-7-11-14(15)19-16(21)13-9-5-4-6-10-13;4*1-2;2*1-5(2,3)4;;;;;;;;;;;/h2*5-12H,1-3H3,(H,19,21)(H,20,22);4*1-2H3;1H3;1H3,(H,2,3,4);5*1H;1H2;;;;;/q2*-1;;;;;;;;;;;;;;+2;+3;;/p-5. The molecule has 4 rings (SSSR count). The van der Waals surface area contributed by atoms with Crippen LogP contribution in [0, 0.1) is 12.1 Å². The van der Waals surface area contributed by atoms with Crippen molar-refractivity contribution in [3.8, 4) is 0 Å². The van der Waals surface area contributed by atoms with Gasteiger partial charge in [-0.05, 0) is 65.8 Å². The summed E-state index contributed by atoms with van der Waals surface area (Å²) in [6.07, 6.45) is 0.490. The zero-order chi connectivity index (χ0) is 57.0. The largest absolute Gasteiger partial charge is 0 e. The van der Waals surface area contributed by atoms with Crippen LogP contribution in [0.4, 0.5) is 32.3 Å². The minimum atomic E-state index is -3.67. The van der Waals surface area contributed by atoms with Crippen LogP contribution in [-0.2, 0) is 127 Å². The van der Waals surface area contributed by atoms with Gasteiger partial charge in [0.15, 0.2) is 0 Å². The molecular weight excluding hydrogens is 1870 g/mol. The molecule has 4 aromatic carbocycles. The van der Waals surface area contributed by atoms with Gasteiger partial charge in [-0.25, -0.2) is 18.0 Å². The van der Waals surface area contributed by atoms with Gasteiger partial charge in [-0.15, -0.1) is 0 Å². The molecule has 4 amide bonds. The molecule has 7 N–H and O–H groups in total. The van der Waals surface area contributed by atoms with Crippen molar-refractivity contribution in [3.63, 3.8) is 0 Å². The summed E-state index contributed by atoms with van der Waals surface area (Å²) in [6, 6.07) is 32.9. The Morgan fingerprint density at radius 3 is 0.907 bits per heavy atom. The van der Waals surface area contributed by atoms with E-state index in [1.165, 1.54) is 0 Å². The fraction of sp³-hybridized carbons (Fsp3) is 0.391. The molecule has 0 fully saturated rings. The number of hydrogen-bond donors (Lipinski definition) is 5. The van der Waals surface area contributed by atoms with Gasteiger partial charge < -0.3 is 25.6 Å². The number of nitrogens with one attached hydrogen (secondary N) is 4. The maximum atomic E-state index is 12.2. The van der Waals surface area contributed by atoms with Crippen LogP contribution in [0.25, 0.3) is 0 Å². The number of anilines is 4. The summed E-state index contributed by atoms with van der Waals surface area (Å²) < 4.78 is 55.1. The van der Waals surface area contributed by atoms with E-state index in [9.17, 15) is 36.0 Å². The molecule has 3 radical (unpaired) electrons. The number of ether oxygens (including phenoxy) is 2. The first-order chi connectivity index (χ1) is 32.8. The van der Waals surface area contributed by atoms with Crippen molar-refractivity contribution in [2.45, 2.75) is 108 Å². The summed E-state index contributed by atoms with van der Waals surface area (Å²) >= 11 is 12.1. The van der Waals surface area contributed by atoms with Crippen LogP contribution in [0.5, 0.6) is 0 Å². The van der Waals surface area contributed by atoms with Crippen molar-refractivity contribution in [1.29, 1.82) is 0 Å². The van der Waals surface area contributed by atoms with Crippen molar-refractivity contribution in [1.82, 2.24) is 0 Å². The normalized spacial score (nSPS) is 9.12. The summed E-state index contributed by atoms with van der Waals surface area (Å²) in [4.78, 5) is 47.9. The Morgan fingerprint density at radius 1 is 0.560 bits per heavy atom. The van der Waals surface area contributed by atoms with E-state index in [0.29, 0.717) is 49.6 Å². The van der Waals surface area contributed by atoms with Crippen LogP contribution < -0.4 is 21.3 Å². The second kappa shape index (κ2) is 60.7. The Kier molecular flexibility index (Phi) is 80.2. The topological polar surface area (TPSA) is 255 Å². The van der Waals surface area contributed by atoms with E-state index in [1.807, 2.05) is 55.4 Å². The smallest absolute Gasteiger partial charge is 0 e. The van der Waals surface area contributed by atoms with E-state index < -0.39 is 42.6 Å². The first-order valence-corrected chi connectivity index (χ1v) is 48.2. The van der Waals surface area contributed by atoms with Gasteiger partial charge in [0.25, 0.3) is 10.1 Å². The molecule has 75 heavy (non-hydrogen) atoms. The van der Waals surface area contributed by atoms with Gasteiger partial charge in [0, 0.05) is 94.7 Å². The first kappa shape index (κ1) is 99.2. The Bertz CT molecular complexity index is 2080. The van der Waals surface area contributed by atoms with Crippen LogP contribution in [0.1, 0.15) is 118 Å². The molecule has 0 spiro atoms. The van der Waals surface area contributed by atoms with E-state index in [2.05, 4.69) is 144 Å². The van der Waals surface area contributed by atoms with E-state index in [0.717, 1.165) is 6.26 Å². The molecule has 0 aliphatic carbocycles. The number of para-hydroxylation sites is 4. The molecule has 16 nitrogen and oxygen atoms in total. The molecule has 0 aliphatic heterocycles. The second-order valence-electron chi connectivity index (χ2n) is 13.5. The van der Waals surface area contributed by atoms with E-state index in [-0.39, 0.29) is 106 Å². The number of hydrogen-bond acceptors (Lipinski definition) is 10. The number of carbonyl (C=O) groups is 4. The van der Waals surface area contributed by atoms with E-state index in [1.54, 1.807) is 139 Å². The monoisotopic (exact) mass is 1940 g/mol. The summed E-state index contributed by atoms with van der Waals surface area (Å²) in [5, 5.41) is 10.8. The quantitative estimate of drug-likeness (QED) is 0.0525. The Morgan fingerprint density at radius 2 is 0.733 bits per heavy atom. The summed E-state index contributed by atoms with van der Waals surface area (Å²) in [5.41, 5.74) is 1.76. The van der Waals surface area contributed by atoms with Crippen molar-refractivity contribution in [3.05, 3.63) is 120 Å². The van der Waals surface area contributed by atoms with E-state index in [4.69, 9.17) is 14.0 Å². The second-order valence-corrected chi connectivity index (χ2v) is 65.2. The van der Waals surface area contributed by atoms with Gasteiger partial charge in [0.05, 0.1) is 35.3 Å². The third-order valence-electron chi connectivity index (χ3n) is 5.58. The van der Waals surface area contributed by atoms with Crippen LogP contribution in [0.3, 0.4) is 0 Å². The summed E-state index contributed by atoms with van der Waals surface area (Å²) in [5.74, 6) is -0.533. The predicted molar refractivity (Wildman–Crippen MR) is 336 cm³/mol. The average molecular weight is 1940 g/mol. The third kappa shape index (κ3) is 76.1. The van der Waals surface area contributed by atoms with Crippen LogP contribution in [-0.4, -0.2) is 74.6 Å². The van der Waals surface area contributed by atoms with Gasteiger partial charge in [-0.1, -0.05) is 90.8 Å². The Labute approximate surface area is 582 Å². The Hall–Kier alpha value is 2.08. The molecule has 0 aromatic heterocycles. The summed E-state index contributed by atoms with van der Waals surface area (Å²) in [7, 11) is -1.73. The fourth-order valence-corrected chi connectivity index (χ4v) is 3.69. The fourth-order valence-electron chi connectivity index (χ4n) is 3.69. The molecule has 0 aliphatic rings. The molecule has 0 saturated heterocycles. The number of carbonyl (C=O) groups excluding carboxylic acids is 4. The molecule has 0 unspecified atom stereocenters. The minimum absolute atomic E-state index is 0.